The Morgan fingerprint density at radius 3 is 2.47 bits per heavy atom. The molecule has 0 fully saturated rings. The molecule has 5 rings (SSSR count). The maximum absolute atomic E-state index is 14.7. The van der Waals surface area contributed by atoms with Gasteiger partial charge in [0.1, 0.15) is 16.9 Å². The molecule has 2 aromatic heterocycles. The van der Waals surface area contributed by atoms with Crippen LogP contribution in [0.4, 0.5) is 4.39 Å². The molecule has 6 heteroatoms. The lowest BCUT2D eigenvalue weighted by atomic mass is 10.2. The second kappa shape index (κ2) is 7.46. The maximum Gasteiger partial charge on any atom is 0.283 e. The number of thioether (sulfide) groups is 1. The van der Waals surface area contributed by atoms with Crippen molar-refractivity contribution in [3.05, 3.63) is 101 Å². The number of halogens is 1. The molecule has 0 spiro atoms. The summed E-state index contributed by atoms with van der Waals surface area (Å²) >= 11 is 1.44. The van der Waals surface area contributed by atoms with Crippen molar-refractivity contribution in [2.45, 2.75) is 17.3 Å². The van der Waals surface area contributed by atoms with E-state index >= 15 is 0 Å². The molecule has 0 saturated carbocycles. The number of nitrogens with zero attached hydrogens (tertiary/aromatic N) is 2. The molecule has 148 valence electrons. The molecule has 3 aromatic carbocycles. The highest BCUT2D eigenvalue weighted by molar-refractivity contribution is 7.99. The first-order chi connectivity index (χ1) is 14.6. The van der Waals surface area contributed by atoms with E-state index < -0.39 is 5.82 Å². The van der Waals surface area contributed by atoms with E-state index in [-0.39, 0.29) is 16.5 Å². The van der Waals surface area contributed by atoms with Crippen LogP contribution in [0.15, 0.2) is 88.8 Å². The summed E-state index contributed by atoms with van der Waals surface area (Å²) in [5.41, 5.74) is 2.79. The molecule has 2 heterocycles. The first-order valence-corrected chi connectivity index (χ1v) is 10.5. The van der Waals surface area contributed by atoms with Gasteiger partial charge in [0.25, 0.3) is 5.56 Å². The zero-order valence-electron chi connectivity index (χ0n) is 16.2. The van der Waals surface area contributed by atoms with Crippen LogP contribution in [0.3, 0.4) is 0 Å². The summed E-state index contributed by atoms with van der Waals surface area (Å²) in [5.74, 6) is -0.467. The Kier molecular flexibility index (Phi) is 4.64. The van der Waals surface area contributed by atoms with Crippen LogP contribution in [0, 0.1) is 5.82 Å². The normalized spacial score (nSPS) is 12.5. The Hall–Kier alpha value is -3.38. The Bertz CT molecular complexity index is 1430. The number of hydrogen-bond donors (Lipinski definition) is 1. The van der Waals surface area contributed by atoms with Gasteiger partial charge in [0.2, 0.25) is 0 Å². The van der Waals surface area contributed by atoms with Crippen LogP contribution in [0.2, 0.25) is 0 Å². The second-order valence-electron chi connectivity index (χ2n) is 7.05. The zero-order valence-corrected chi connectivity index (χ0v) is 17.0. The molecular formula is C24H18FN3OS. The van der Waals surface area contributed by atoms with E-state index in [1.165, 1.54) is 22.4 Å². The third kappa shape index (κ3) is 3.09. The third-order valence-electron chi connectivity index (χ3n) is 5.14. The minimum absolute atomic E-state index is 0.0266. The van der Waals surface area contributed by atoms with Crippen LogP contribution < -0.4 is 5.56 Å². The molecule has 1 atom stereocenters. The van der Waals surface area contributed by atoms with E-state index in [0.717, 1.165) is 16.5 Å². The Labute approximate surface area is 176 Å². The molecule has 4 nitrogen and oxygen atoms in total. The summed E-state index contributed by atoms with van der Waals surface area (Å²) < 4.78 is 16.1. The molecule has 0 aliphatic rings. The van der Waals surface area contributed by atoms with Crippen molar-refractivity contribution < 1.29 is 4.39 Å². The standard InChI is InChI=1S/C24H18FN3OS/c1-15(16-9-3-2-4-10-16)30-24-27-21-17-11-5-7-13-19(17)26-22(21)23(29)28(24)20-14-8-6-12-18(20)25/h2-15,26H,1H3. The minimum Gasteiger partial charge on any atom is -0.349 e. The SMILES string of the molecule is CC(Sc1nc2c([nH]c3ccccc32)c(=O)n1-c1ccccc1F)c1ccccc1. The summed E-state index contributed by atoms with van der Waals surface area (Å²) in [4.78, 5) is 21.5. The number of fused-ring (bicyclic) bond motifs is 3. The fourth-order valence-corrected chi connectivity index (χ4v) is 4.66. The number of aromatic amines is 1. The van der Waals surface area contributed by atoms with Crippen molar-refractivity contribution in [1.29, 1.82) is 0 Å². The van der Waals surface area contributed by atoms with E-state index in [9.17, 15) is 9.18 Å². The quantitative estimate of drug-likeness (QED) is 0.295. The van der Waals surface area contributed by atoms with Crippen molar-refractivity contribution in [2.24, 2.45) is 0 Å². The highest BCUT2D eigenvalue weighted by Gasteiger charge is 2.21. The van der Waals surface area contributed by atoms with Gasteiger partial charge in [-0.3, -0.25) is 9.36 Å². The van der Waals surface area contributed by atoms with Crippen LogP contribution >= 0.6 is 11.8 Å². The van der Waals surface area contributed by atoms with Gasteiger partial charge in [-0.05, 0) is 30.7 Å². The van der Waals surface area contributed by atoms with E-state index in [1.807, 2.05) is 54.6 Å². The maximum atomic E-state index is 14.7. The largest absolute Gasteiger partial charge is 0.349 e. The van der Waals surface area contributed by atoms with Crippen LogP contribution in [-0.4, -0.2) is 14.5 Å². The molecule has 0 aliphatic carbocycles. The number of H-pyrrole nitrogens is 1. The summed E-state index contributed by atoms with van der Waals surface area (Å²) in [7, 11) is 0. The van der Waals surface area contributed by atoms with Crippen LogP contribution in [0.1, 0.15) is 17.7 Å². The average molecular weight is 415 g/mol. The molecule has 0 radical (unpaired) electrons. The minimum atomic E-state index is -0.467. The van der Waals surface area contributed by atoms with Crippen molar-refractivity contribution >= 4 is 33.7 Å². The molecule has 5 aromatic rings. The van der Waals surface area contributed by atoms with Gasteiger partial charge in [-0.15, -0.1) is 0 Å². The van der Waals surface area contributed by atoms with Gasteiger partial charge in [0, 0.05) is 16.2 Å². The predicted octanol–water partition coefficient (Wildman–Crippen LogP) is 5.86. The van der Waals surface area contributed by atoms with Gasteiger partial charge in [-0.1, -0.05) is 72.4 Å². The van der Waals surface area contributed by atoms with Gasteiger partial charge in [0.15, 0.2) is 5.16 Å². The topological polar surface area (TPSA) is 50.7 Å². The number of para-hydroxylation sites is 2. The first-order valence-electron chi connectivity index (χ1n) is 9.63. The molecular weight excluding hydrogens is 397 g/mol. The third-order valence-corrected chi connectivity index (χ3v) is 6.25. The fourth-order valence-electron chi connectivity index (χ4n) is 3.62. The number of hydrogen-bond acceptors (Lipinski definition) is 3. The van der Waals surface area contributed by atoms with Crippen LogP contribution in [0.25, 0.3) is 27.6 Å². The van der Waals surface area contributed by atoms with Crippen molar-refractivity contribution in [3.8, 4) is 5.69 Å². The second-order valence-corrected chi connectivity index (χ2v) is 8.36. The van der Waals surface area contributed by atoms with Crippen LogP contribution in [0.5, 0.6) is 0 Å². The van der Waals surface area contributed by atoms with Crippen molar-refractivity contribution in [3.63, 3.8) is 0 Å². The van der Waals surface area contributed by atoms with Crippen molar-refractivity contribution in [1.82, 2.24) is 14.5 Å². The lowest BCUT2D eigenvalue weighted by Crippen LogP contribution is -2.23. The highest BCUT2D eigenvalue weighted by atomic mass is 32.2. The number of nitrogens with one attached hydrogen (secondary N) is 1. The molecule has 30 heavy (non-hydrogen) atoms. The summed E-state index contributed by atoms with van der Waals surface area (Å²) in [6.45, 7) is 2.05. The van der Waals surface area contributed by atoms with Gasteiger partial charge in [0.05, 0.1) is 5.69 Å². The number of rotatable bonds is 4. The lowest BCUT2D eigenvalue weighted by Gasteiger charge is -2.16. The van der Waals surface area contributed by atoms with Gasteiger partial charge in [-0.25, -0.2) is 9.37 Å². The fraction of sp³-hybridized carbons (Fsp3) is 0.0833. The van der Waals surface area contributed by atoms with Gasteiger partial charge >= 0.3 is 0 Å². The first kappa shape index (κ1) is 18.6. The lowest BCUT2D eigenvalue weighted by molar-refractivity contribution is 0.608. The highest BCUT2D eigenvalue weighted by Crippen LogP contribution is 2.35. The summed E-state index contributed by atoms with van der Waals surface area (Å²) in [6.07, 6.45) is 0. The molecule has 0 saturated heterocycles. The Morgan fingerprint density at radius 1 is 0.967 bits per heavy atom. The molecule has 0 aliphatic heterocycles. The summed E-state index contributed by atoms with van der Waals surface area (Å²) in [5, 5.41) is 1.36. The molecule has 1 N–H and O–H groups in total. The van der Waals surface area contributed by atoms with E-state index in [0.29, 0.717) is 16.2 Å². The Morgan fingerprint density at radius 2 is 1.67 bits per heavy atom. The average Bonchev–Trinajstić information content (AvgIpc) is 3.15. The van der Waals surface area contributed by atoms with E-state index in [1.54, 1.807) is 18.2 Å². The van der Waals surface area contributed by atoms with Gasteiger partial charge < -0.3 is 4.98 Å². The van der Waals surface area contributed by atoms with Gasteiger partial charge in [-0.2, -0.15) is 0 Å². The summed E-state index contributed by atoms with van der Waals surface area (Å²) in [6, 6.07) is 23.9. The van der Waals surface area contributed by atoms with Crippen molar-refractivity contribution in [2.75, 3.05) is 0 Å². The molecule has 1 unspecified atom stereocenters. The molecule has 0 bridgehead atoms. The van der Waals surface area contributed by atoms with Crippen LogP contribution in [-0.2, 0) is 0 Å². The number of benzene rings is 3. The predicted molar refractivity (Wildman–Crippen MR) is 120 cm³/mol. The smallest absolute Gasteiger partial charge is 0.283 e. The number of aromatic nitrogens is 3. The zero-order chi connectivity index (χ0) is 20.7. The monoisotopic (exact) mass is 415 g/mol. The molecule has 0 amide bonds. The van der Waals surface area contributed by atoms with E-state index in [4.69, 9.17) is 4.98 Å². The Balaban J connectivity index is 1.78. The van der Waals surface area contributed by atoms with E-state index in [2.05, 4.69) is 11.9 Å².